The van der Waals surface area contributed by atoms with E-state index in [1.807, 2.05) is 13.0 Å². The molecule has 92 valence electrons. The van der Waals surface area contributed by atoms with Crippen molar-refractivity contribution in [2.24, 2.45) is 0 Å². The quantitative estimate of drug-likeness (QED) is 0.292. The van der Waals surface area contributed by atoms with Crippen LogP contribution in [0.4, 0.5) is 0 Å². The van der Waals surface area contributed by atoms with Gasteiger partial charge < -0.3 is 5.41 Å². The van der Waals surface area contributed by atoms with Gasteiger partial charge in [-0.05, 0) is 37.3 Å². The van der Waals surface area contributed by atoms with Gasteiger partial charge in [-0.25, -0.2) is 0 Å². The molecule has 0 spiro atoms. The van der Waals surface area contributed by atoms with Crippen molar-refractivity contribution in [2.75, 3.05) is 5.75 Å². The molecular weight excluding hydrogens is 238 g/mol. The largest absolute Gasteiger partial charge is 0.308 e. The number of allylic oxidation sites excluding steroid dienone is 3. The summed E-state index contributed by atoms with van der Waals surface area (Å²) in [5.41, 5.74) is 1.96. The van der Waals surface area contributed by atoms with E-state index in [0.29, 0.717) is 11.0 Å². The van der Waals surface area contributed by atoms with Crippen molar-refractivity contribution in [3.63, 3.8) is 0 Å². The molecule has 0 aromatic heterocycles. The number of thiol groups is 2. The van der Waals surface area contributed by atoms with Gasteiger partial charge >= 0.3 is 0 Å². The fourth-order valence-electron chi connectivity index (χ4n) is 1.63. The van der Waals surface area contributed by atoms with E-state index in [4.69, 9.17) is 5.41 Å². The Morgan fingerprint density at radius 2 is 2.19 bits per heavy atom. The SMILES string of the molecule is CC/C=C(/C=C(/C)C=N)C[SH](=O)(S)C1CC1. The molecule has 0 atom stereocenters. The van der Waals surface area contributed by atoms with E-state index in [0.717, 1.165) is 30.4 Å². The van der Waals surface area contributed by atoms with E-state index in [-0.39, 0.29) is 0 Å². The van der Waals surface area contributed by atoms with E-state index in [1.54, 1.807) is 0 Å². The lowest BCUT2D eigenvalue weighted by atomic mass is 10.2. The summed E-state index contributed by atoms with van der Waals surface area (Å²) < 4.78 is 12.3. The highest BCUT2D eigenvalue weighted by atomic mass is 33.1. The van der Waals surface area contributed by atoms with Gasteiger partial charge in [0.25, 0.3) is 0 Å². The summed E-state index contributed by atoms with van der Waals surface area (Å²) in [6.07, 6.45) is 8.40. The van der Waals surface area contributed by atoms with Gasteiger partial charge in [0.2, 0.25) is 0 Å². The molecule has 0 heterocycles. The molecule has 1 rings (SSSR count). The van der Waals surface area contributed by atoms with Gasteiger partial charge in [-0.1, -0.05) is 28.0 Å². The van der Waals surface area contributed by atoms with Crippen LogP contribution in [0.3, 0.4) is 0 Å². The third-order valence-electron chi connectivity index (χ3n) is 2.63. The Morgan fingerprint density at radius 1 is 1.56 bits per heavy atom. The zero-order valence-corrected chi connectivity index (χ0v) is 11.7. The second-order valence-electron chi connectivity index (χ2n) is 4.36. The molecule has 0 aromatic carbocycles. The Morgan fingerprint density at radius 3 is 2.62 bits per heavy atom. The van der Waals surface area contributed by atoms with Gasteiger partial charge in [-0.15, -0.1) is 11.7 Å². The molecule has 1 aliphatic carbocycles. The molecule has 1 fully saturated rings. The number of nitrogens with one attached hydrogen (secondary N) is 1. The molecule has 0 aliphatic heterocycles. The summed E-state index contributed by atoms with van der Waals surface area (Å²) in [6.45, 7) is 3.95. The predicted molar refractivity (Wildman–Crippen MR) is 77.3 cm³/mol. The molecule has 16 heavy (non-hydrogen) atoms. The normalized spacial score (nSPS) is 19.7. The van der Waals surface area contributed by atoms with Gasteiger partial charge in [-0.2, -0.15) is 0 Å². The molecule has 1 saturated carbocycles. The van der Waals surface area contributed by atoms with Gasteiger partial charge in [0.1, 0.15) is 0 Å². The van der Waals surface area contributed by atoms with Crippen molar-refractivity contribution < 1.29 is 4.21 Å². The van der Waals surface area contributed by atoms with Crippen LogP contribution in [0, 0.1) is 5.41 Å². The van der Waals surface area contributed by atoms with E-state index in [9.17, 15) is 4.21 Å². The maximum Gasteiger partial charge on any atom is 0.0345 e. The molecule has 0 saturated heterocycles. The van der Waals surface area contributed by atoms with Crippen LogP contribution in [0.2, 0.25) is 0 Å². The van der Waals surface area contributed by atoms with Crippen molar-refractivity contribution in [3.05, 3.63) is 23.3 Å². The third-order valence-corrected chi connectivity index (χ3v) is 6.51. The van der Waals surface area contributed by atoms with E-state index < -0.39 is 8.96 Å². The van der Waals surface area contributed by atoms with Crippen LogP contribution in [0.25, 0.3) is 0 Å². The fourth-order valence-corrected chi connectivity index (χ4v) is 4.77. The molecule has 2 nitrogen and oxygen atoms in total. The molecule has 0 aromatic rings. The minimum Gasteiger partial charge on any atom is -0.308 e. The summed E-state index contributed by atoms with van der Waals surface area (Å²) in [7, 11) is -2.30. The minimum absolute atomic E-state index is 0.338. The van der Waals surface area contributed by atoms with E-state index in [1.165, 1.54) is 6.21 Å². The highest BCUT2D eigenvalue weighted by Gasteiger charge is 2.33. The summed E-state index contributed by atoms with van der Waals surface area (Å²) in [4.78, 5) is 0. The van der Waals surface area contributed by atoms with Crippen molar-refractivity contribution in [1.82, 2.24) is 0 Å². The maximum absolute atomic E-state index is 12.3. The van der Waals surface area contributed by atoms with Crippen LogP contribution < -0.4 is 0 Å². The van der Waals surface area contributed by atoms with Crippen LogP contribution in [0.5, 0.6) is 0 Å². The topological polar surface area (TPSA) is 40.9 Å². The van der Waals surface area contributed by atoms with Crippen LogP contribution >= 0.6 is 11.7 Å². The Bertz CT molecular complexity index is 367. The lowest BCUT2D eigenvalue weighted by molar-refractivity contribution is 0.681. The second kappa shape index (κ2) is 5.82. The third kappa shape index (κ3) is 4.26. The first-order valence-electron chi connectivity index (χ1n) is 5.69. The average molecular weight is 259 g/mol. The van der Waals surface area contributed by atoms with Crippen LogP contribution in [-0.4, -0.2) is 21.4 Å². The summed E-state index contributed by atoms with van der Waals surface area (Å²) in [5, 5.41) is 7.49. The van der Waals surface area contributed by atoms with Crippen LogP contribution in [0.1, 0.15) is 33.1 Å². The molecule has 0 bridgehead atoms. The Labute approximate surface area is 104 Å². The lowest BCUT2D eigenvalue weighted by Gasteiger charge is -2.17. The summed E-state index contributed by atoms with van der Waals surface area (Å²) >= 11 is 4.36. The molecule has 0 radical (unpaired) electrons. The van der Waals surface area contributed by atoms with Gasteiger partial charge in [0, 0.05) is 17.2 Å². The Hall–Kier alpha value is -0.350. The zero-order chi connectivity index (χ0) is 12.2. The van der Waals surface area contributed by atoms with Crippen LogP contribution in [-0.2, 0) is 8.96 Å². The van der Waals surface area contributed by atoms with Crippen molar-refractivity contribution in [1.29, 1.82) is 5.41 Å². The summed E-state index contributed by atoms with van der Waals surface area (Å²) in [6, 6.07) is 0. The maximum atomic E-state index is 12.3. The van der Waals surface area contributed by atoms with Crippen molar-refractivity contribution in [2.45, 2.75) is 38.4 Å². The smallest absolute Gasteiger partial charge is 0.0345 e. The van der Waals surface area contributed by atoms with E-state index >= 15 is 0 Å². The highest BCUT2D eigenvalue weighted by Crippen LogP contribution is 2.37. The van der Waals surface area contributed by atoms with Crippen molar-refractivity contribution >= 4 is 26.8 Å². The van der Waals surface area contributed by atoms with Crippen LogP contribution in [0.15, 0.2) is 23.3 Å². The average Bonchev–Trinajstić information content (AvgIpc) is 3.00. The fraction of sp³-hybridized carbons (Fsp3) is 0.583. The van der Waals surface area contributed by atoms with Crippen molar-refractivity contribution in [3.8, 4) is 0 Å². The van der Waals surface area contributed by atoms with Gasteiger partial charge in [0.05, 0.1) is 0 Å². The predicted octanol–water partition coefficient (Wildman–Crippen LogP) is 2.94. The van der Waals surface area contributed by atoms with Gasteiger partial charge in [-0.3, -0.25) is 4.21 Å². The monoisotopic (exact) mass is 259 g/mol. The summed E-state index contributed by atoms with van der Waals surface area (Å²) in [5.74, 6) is 0.569. The number of hydrogen-bond donors (Lipinski definition) is 3. The number of hydrogen-bond acceptors (Lipinski definition) is 2. The molecule has 0 unspecified atom stereocenters. The second-order valence-corrected chi connectivity index (χ2v) is 8.95. The molecule has 0 amide bonds. The molecule has 1 N–H and O–H groups in total. The minimum atomic E-state index is -2.30. The molecular formula is C12H21NOS2. The lowest BCUT2D eigenvalue weighted by Crippen LogP contribution is -2.15. The first-order valence-corrected chi connectivity index (χ1v) is 8.80. The number of rotatable bonds is 6. The standard InChI is InChI=1S/C12H21NOS2/c1-3-4-11(7-10(2)8-13)9-16(14,15)12-5-6-12/h4,7-8,12-13,16H,3,5-6,9H2,1-2H3,(H,14,15)/b10-7-,11-4-,13-8?. The molecule has 1 aliphatic rings. The molecule has 4 heteroatoms. The Kier molecular flexibility index (Phi) is 4.99. The van der Waals surface area contributed by atoms with E-state index in [2.05, 4.69) is 24.7 Å². The Balaban J connectivity index is 2.76. The van der Waals surface area contributed by atoms with Gasteiger partial charge in [0.15, 0.2) is 0 Å². The zero-order valence-electron chi connectivity index (χ0n) is 9.94. The highest BCUT2D eigenvalue weighted by molar-refractivity contribution is 8.69. The first-order chi connectivity index (χ1) is 7.49. The first kappa shape index (κ1) is 13.7.